The second kappa shape index (κ2) is 6.12. The summed E-state index contributed by atoms with van der Waals surface area (Å²) in [5, 5.41) is 12.5. The van der Waals surface area contributed by atoms with Crippen LogP contribution >= 0.6 is 0 Å². The Labute approximate surface area is 113 Å². The van der Waals surface area contributed by atoms with E-state index in [-0.39, 0.29) is 24.0 Å². The number of carbonyl (C=O) groups excluding carboxylic acids is 1. The largest absolute Gasteiger partial charge is 0.393 e. The molecule has 1 heterocycles. The van der Waals surface area contributed by atoms with Gasteiger partial charge in [-0.15, -0.1) is 0 Å². The van der Waals surface area contributed by atoms with E-state index in [0.29, 0.717) is 6.54 Å². The Morgan fingerprint density at radius 3 is 2.79 bits per heavy atom. The standard InChI is InChI=1S/C14H21N3O2/c1-17(2)9-13(19)16-14(10-7-11(18)8-10)12-5-3-4-6-15-12/h3-6,10-11,14,18H,7-9H2,1-2H3,(H,16,19)/t10?,11?,14-/m0/s1. The van der Waals surface area contributed by atoms with Crippen molar-refractivity contribution in [3.63, 3.8) is 0 Å². The van der Waals surface area contributed by atoms with Crippen molar-refractivity contribution >= 4 is 5.91 Å². The number of rotatable bonds is 5. The summed E-state index contributed by atoms with van der Waals surface area (Å²) in [6, 6.07) is 5.60. The van der Waals surface area contributed by atoms with E-state index in [4.69, 9.17) is 0 Å². The fraction of sp³-hybridized carbons (Fsp3) is 0.571. The van der Waals surface area contributed by atoms with Crippen molar-refractivity contribution in [3.8, 4) is 0 Å². The molecule has 0 radical (unpaired) electrons. The SMILES string of the molecule is CN(C)CC(=O)N[C@H](c1ccccn1)C1CC(O)C1. The highest BCUT2D eigenvalue weighted by atomic mass is 16.3. The minimum atomic E-state index is -0.234. The van der Waals surface area contributed by atoms with Gasteiger partial charge in [0.1, 0.15) is 0 Å². The Morgan fingerprint density at radius 1 is 1.53 bits per heavy atom. The van der Waals surface area contributed by atoms with Gasteiger partial charge in [-0.25, -0.2) is 0 Å². The quantitative estimate of drug-likeness (QED) is 0.815. The van der Waals surface area contributed by atoms with E-state index >= 15 is 0 Å². The summed E-state index contributed by atoms with van der Waals surface area (Å²) in [4.78, 5) is 18.1. The van der Waals surface area contributed by atoms with Gasteiger partial charge in [-0.05, 0) is 45.0 Å². The third kappa shape index (κ3) is 3.75. The molecule has 5 nitrogen and oxygen atoms in total. The fourth-order valence-electron chi connectivity index (χ4n) is 2.40. The molecule has 0 aliphatic heterocycles. The average molecular weight is 263 g/mol. The number of carbonyl (C=O) groups is 1. The number of hydrogen-bond acceptors (Lipinski definition) is 4. The van der Waals surface area contributed by atoms with E-state index < -0.39 is 0 Å². The number of nitrogens with zero attached hydrogens (tertiary/aromatic N) is 2. The Bertz CT molecular complexity index is 416. The van der Waals surface area contributed by atoms with Crippen LogP contribution in [0.15, 0.2) is 24.4 Å². The summed E-state index contributed by atoms with van der Waals surface area (Å²) in [7, 11) is 3.73. The van der Waals surface area contributed by atoms with E-state index in [9.17, 15) is 9.90 Å². The van der Waals surface area contributed by atoms with Crippen molar-refractivity contribution in [2.45, 2.75) is 25.0 Å². The number of nitrogens with one attached hydrogen (secondary N) is 1. The van der Waals surface area contributed by atoms with Crippen molar-refractivity contribution in [3.05, 3.63) is 30.1 Å². The zero-order valence-corrected chi connectivity index (χ0v) is 11.4. The lowest BCUT2D eigenvalue weighted by Crippen LogP contribution is -2.44. The molecular weight excluding hydrogens is 242 g/mol. The summed E-state index contributed by atoms with van der Waals surface area (Å²) >= 11 is 0. The molecule has 1 aliphatic carbocycles. The second-order valence-electron chi connectivity index (χ2n) is 5.42. The zero-order chi connectivity index (χ0) is 13.8. The van der Waals surface area contributed by atoms with Gasteiger partial charge in [0.25, 0.3) is 0 Å². The number of hydrogen-bond donors (Lipinski definition) is 2. The van der Waals surface area contributed by atoms with E-state index in [1.807, 2.05) is 37.2 Å². The number of pyridine rings is 1. The van der Waals surface area contributed by atoms with Crippen LogP contribution < -0.4 is 5.32 Å². The smallest absolute Gasteiger partial charge is 0.234 e. The van der Waals surface area contributed by atoms with Gasteiger partial charge in [0, 0.05) is 6.20 Å². The average Bonchev–Trinajstić information content (AvgIpc) is 2.33. The predicted molar refractivity (Wildman–Crippen MR) is 72.4 cm³/mol. The minimum Gasteiger partial charge on any atom is -0.393 e. The van der Waals surface area contributed by atoms with Crippen LogP contribution in [-0.2, 0) is 4.79 Å². The molecule has 1 aromatic heterocycles. The summed E-state index contributed by atoms with van der Waals surface area (Å²) in [6.45, 7) is 0.360. The predicted octanol–water partition coefficient (Wildman–Crippen LogP) is 0.571. The molecule has 1 aliphatic rings. The highest BCUT2D eigenvalue weighted by molar-refractivity contribution is 5.78. The van der Waals surface area contributed by atoms with Crippen LogP contribution in [0.3, 0.4) is 0 Å². The molecule has 0 unspecified atom stereocenters. The lowest BCUT2D eigenvalue weighted by molar-refractivity contribution is -0.123. The molecule has 1 aromatic rings. The Kier molecular flexibility index (Phi) is 4.50. The van der Waals surface area contributed by atoms with Crippen molar-refractivity contribution in [2.24, 2.45) is 5.92 Å². The van der Waals surface area contributed by atoms with Crippen molar-refractivity contribution in [1.82, 2.24) is 15.2 Å². The van der Waals surface area contributed by atoms with Crippen LogP contribution in [0.4, 0.5) is 0 Å². The van der Waals surface area contributed by atoms with Gasteiger partial charge in [-0.2, -0.15) is 0 Å². The van der Waals surface area contributed by atoms with Crippen LogP contribution in [0.5, 0.6) is 0 Å². The van der Waals surface area contributed by atoms with Crippen LogP contribution in [0.25, 0.3) is 0 Å². The van der Waals surface area contributed by atoms with Gasteiger partial charge in [-0.1, -0.05) is 6.07 Å². The zero-order valence-electron chi connectivity index (χ0n) is 11.4. The van der Waals surface area contributed by atoms with Gasteiger partial charge in [0.15, 0.2) is 0 Å². The maximum Gasteiger partial charge on any atom is 0.234 e. The molecule has 0 saturated heterocycles. The summed E-state index contributed by atoms with van der Waals surface area (Å²) in [6.07, 6.45) is 2.95. The van der Waals surface area contributed by atoms with Gasteiger partial charge < -0.3 is 15.3 Å². The first-order valence-corrected chi connectivity index (χ1v) is 6.59. The maximum atomic E-state index is 11.9. The van der Waals surface area contributed by atoms with Gasteiger partial charge in [0.05, 0.1) is 24.4 Å². The molecule has 1 saturated carbocycles. The molecule has 0 aromatic carbocycles. The van der Waals surface area contributed by atoms with Crippen molar-refractivity contribution in [2.75, 3.05) is 20.6 Å². The van der Waals surface area contributed by atoms with Gasteiger partial charge in [-0.3, -0.25) is 9.78 Å². The molecule has 5 heteroatoms. The van der Waals surface area contributed by atoms with E-state index in [0.717, 1.165) is 18.5 Å². The first-order valence-electron chi connectivity index (χ1n) is 6.59. The normalized spacial score (nSPS) is 23.8. The van der Waals surface area contributed by atoms with Crippen molar-refractivity contribution in [1.29, 1.82) is 0 Å². The molecule has 1 amide bonds. The molecule has 1 atom stereocenters. The molecular formula is C14H21N3O2. The van der Waals surface area contributed by atoms with Crippen LogP contribution in [0.2, 0.25) is 0 Å². The van der Waals surface area contributed by atoms with Gasteiger partial charge >= 0.3 is 0 Å². The lowest BCUT2D eigenvalue weighted by Gasteiger charge is -2.37. The van der Waals surface area contributed by atoms with E-state index in [2.05, 4.69) is 10.3 Å². The van der Waals surface area contributed by atoms with Gasteiger partial charge in [0.2, 0.25) is 5.91 Å². The molecule has 0 bridgehead atoms. The molecule has 19 heavy (non-hydrogen) atoms. The first kappa shape index (κ1) is 14.0. The lowest BCUT2D eigenvalue weighted by atomic mass is 9.76. The number of aliphatic hydroxyl groups excluding tert-OH is 1. The molecule has 0 spiro atoms. The number of aromatic nitrogens is 1. The molecule has 104 valence electrons. The minimum absolute atomic E-state index is 0.0120. The topological polar surface area (TPSA) is 65.5 Å². The summed E-state index contributed by atoms with van der Waals surface area (Å²) in [5.74, 6) is 0.262. The third-order valence-corrected chi connectivity index (χ3v) is 3.40. The molecule has 2 rings (SSSR count). The molecule has 1 fully saturated rings. The highest BCUT2D eigenvalue weighted by Crippen LogP contribution is 2.37. The Hall–Kier alpha value is -1.46. The van der Waals surface area contributed by atoms with E-state index in [1.54, 1.807) is 6.20 Å². The van der Waals surface area contributed by atoms with E-state index in [1.165, 1.54) is 0 Å². The van der Waals surface area contributed by atoms with Crippen LogP contribution in [-0.4, -0.2) is 47.6 Å². The van der Waals surface area contributed by atoms with Crippen LogP contribution in [0.1, 0.15) is 24.6 Å². The van der Waals surface area contributed by atoms with Crippen molar-refractivity contribution < 1.29 is 9.90 Å². The fourth-order valence-corrected chi connectivity index (χ4v) is 2.40. The molecule has 2 N–H and O–H groups in total. The third-order valence-electron chi connectivity index (χ3n) is 3.40. The maximum absolute atomic E-state index is 11.9. The van der Waals surface area contributed by atoms with Crippen LogP contribution in [0, 0.1) is 5.92 Å². The monoisotopic (exact) mass is 263 g/mol. The highest BCUT2D eigenvalue weighted by Gasteiger charge is 2.36. The number of aliphatic hydroxyl groups is 1. The first-order chi connectivity index (χ1) is 9.06. The Morgan fingerprint density at radius 2 is 2.26 bits per heavy atom. The number of likely N-dealkylation sites (N-methyl/N-ethyl adjacent to an activating group) is 1. The summed E-state index contributed by atoms with van der Waals surface area (Å²) in [5.41, 5.74) is 0.867. The summed E-state index contributed by atoms with van der Waals surface area (Å²) < 4.78 is 0. The Balaban J connectivity index is 2.05. The number of amides is 1. The second-order valence-corrected chi connectivity index (χ2v) is 5.42.